The first kappa shape index (κ1) is 13.3. The number of amides is 1. The van der Waals surface area contributed by atoms with Gasteiger partial charge in [-0.3, -0.25) is 4.79 Å². The second-order valence-electron chi connectivity index (χ2n) is 3.69. The third-order valence-corrected chi connectivity index (χ3v) is 2.28. The Morgan fingerprint density at radius 3 is 2.88 bits per heavy atom. The van der Waals surface area contributed by atoms with E-state index in [2.05, 4.69) is 5.32 Å². The van der Waals surface area contributed by atoms with Gasteiger partial charge < -0.3 is 20.9 Å². The van der Waals surface area contributed by atoms with Crippen LogP contribution < -0.4 is 15.8 Å². The van der Waals surface area contributed by atoms with Crippen LogP contribution in [0.15, 0.2) is 24.3 Å². The molecular weight excluding hydrogens is 220 g/mol. The third-order valence-electron chi connectivity index (χ3n) is 2.28. The Morgan fingerprint density at radius 2 is 2.24 bits per heavy atom. The van der Waals surface area contributed by atoms with Gasteiger partial charge in [0.2, 0.25) is 0 Å². The second-order valence-corrected chi connectivity index (χ2v) is 3.69. The van der Waals surface area contributed by atoms with E-state index in [1.54, 1.807) is 24.3 Å². The van der Waals surface area contributed by atoms with E-state index in [1.807, 2.05) is 6.92 Å². The van der Waals surface area contributed by atoms with Crippen molar-refractivity contribution in [3.63, 3.8) is 0 Å². The first-order chi connectivity index (χ1) is 8.13. The highest BCUT2D eigenvalue weighted by atomic mass is 16.5. The van der Waals surface area contributed by atoms with Crippen molar-refractivity contribution in [2.45, 2.75) is 19.4 Å². The summed E-state index contributed by atoms with van der Waals surface area (Å²) in [4.78, 5) is 11.4. The fraction of sp³-hybridized carbons (Fsp3) is 0.417. The Hall–Kier alpha value is -1.75. The van der Waals surface area contributed by atoms with Gasteiger partial charge in [0.25, 0.3) is 5.91 Å². The average Bonchev–Trinajstić information content (AvgIpc) is 2.35. The lowest BCUT2D eigenvalue weighted by Crippen LogP contribution is -2.35. The van der Waals surface area contributed by atoms with Gasteiger partial charge in [0, 0.05) is 6.54 Å². The number of nitrogen functional groups attached to an aromatic ring is 1. The standard InChI is InChI=1S/C12H18N2O3/c1-2-9(15)7-14-12(16)8-17-11-6-4-3-5-10(11)13/h3-6,9,15H,2,7-8,13H2,1H3,(H,14,16). The number of hydrogen-bond acceptors (Lipinski definition) is 4. The summed E-state index contributed by atoms with van der Waals surface area (Å²) in [6, 6.07) is 6.97. The van der Waals surface area contributed by atoms with Crippen LogP contribution in [0.5, 0.6) is 5.75 Å². The number of carbonyl (C=O) groups excluding carboxylic acids is 1. The zero-order valence-corrected chi connectivity index (χ0v) is 9.85. The molecule has 0 aliphatic rings. The number of hydrogen-bond donors (Lipinski definition) is 3. The van der Waals surface area contributed by atoms with Crippen molar-refractivity contribution in [2.75, 3.05) is 18.9 Å². The van der Waals surface area contributed by atoms with E-state index < -0.39 is 6.10 Å². The topological polar surface area (TPSA) is 84.6 Å². The molecule has 0 aliphatic heterocycles. The molecule has 0 saturated heterocycles. The van der Waals surface area contributed by atoms with Crippen molar-refractivity contribution in [1.29, 1.82) is 0 Å². The number of para-hydroxylation sites is 2. The van der Waals surface area contributed by atoms with Crippen LogP contribution in [0.2, 0.25) is 0 Å². The molecule has 0 spiro atoms. The number of aliphatic hydroxyl groups is 1. The van der Waals surface area contributed by atoms with E-state index in [1.165, 1.54) is 0 Å². The van der Waals surface area contributed by atoms with Gasteiger partial charge in [-0.1, -0.05) is 19.1 Å². The molecule has 0 radical (unpaired) electrons. The molecule has 1 aromatic carbocycles. The summed E-state index contributed by atoms with van der Waals surface area (Å²) in [6.07, 6.45) is 0.0907. The number of nitrogens with one attached hydrogen (secondary N) is 1. The molecular formula is C12H18N2O3. The molecule has 0 fully saturated rings. The van der Waals surface area contributed by atoms with E-state index in [9.17, 15) is 9.90 Å². The first-order valence-corrected chi connectivity index (χ1v) is 5.55. The molecule has 5 heteroatoms. The predicted molar refractivity (Wildman–Crippen MR) is 65.7 cm³/mol. The lowest BCUT2D eigenvalue weighted by atomic mass is 10.3. The number of ether oxygens (including phenoxy) is 1. The minimum Gasteiger partial charge on any atom is -0.482 e. The minimum atomic E-state index is -0.513. The Morgan fingerprint density at radius 1 is 1.53 bits per heavy atom. The van der Waals surface area contributed by atoms with Crippen LogP contribution in [-0.4, -0.2) is 30.3 Å². The van der Waals surface area contributed by atoms with Gasteiger partial charge in [0.15, 0.2) is 6.61 Å². The largest absolute Gasteiger partial charge is 0.482 e. The average molecular weight is 238 g/mol. The van der Waals surface area contributed by atoms with E-state index in [4.69, 9.17) is 10.5 Å². The first-order valence-electron chi connectivity index (χ1n) is 5.55. The molecule has 94 valence electrons. The lowest BCUT2D eigenvalue weighted by Gasteiger charge is -2.11. The van der Waals surface area contributed by atoms with Gasteiger partial charge in [0.1, 0.15) is 5.75 Å². The number of benzene rings is 1. The molecule has 5 nitrogen and oxygen atoms in total. The van der Waals surface area contributed by atoms with Gasteiger partial charge in [-0.2, -0.15) is 0 Å². The molecule has 0 heterocycles. The quantitative estimate of drug-likeness (QED) is 0.631. The molecule has 1 aromatic rings. The van der Waals surface area contributed by atoms with Crippen molar-refractivity contribution in [3.8, 4) is 5.75 Å². The molecule has 1 rings (SSSR count). The smallest absolute Gasteiger partial charge is 0.258 e. The molecule has 1 atom stereocenters. The van der Waals surface area contributed by atoms with Crippen LogP contribution in [0.4, 0.5) is 5.69 Å². The zero-order chi connectivity index (χ0) is 12.7. The molecule has 0 aromatic heterocycles. The van der Waals surface area contributed by atoms with E-state index in [0.29, 0.717) is 17.9 Å². The maximum Gasteiger partial charge on any atom is 0.258 e. The number of aliphatic hydroxyl groups excluding tert-OH is 1. The fourth-order valence-corrected chi connectivity index (χ4v) is 1.18. The lowest BCUT2D eigenvalue weighted by molar-refractivity contribution is -0.123. The third kappa shape index (κ3) is 4.74. The number of rotatable bonds is 6. The summed E-state index contributed by atoms with van der Waals surface area (Å²) in [6.45, 7) is 1.98. The highest BCUT2D eigenvalue weighted by Crippen LogP contribution is 2.19. The Balaban J connectivity index is 2.31. The summed E-state index contributed by atoms with van der Waals surface area (Å²) < 4.78 is 5.25. The Kier molecular flexibility index (Phi) is 5.29. The summed E-state index contributed by atoms with van der Waals surface area (Å²) in [5.41, 5.74) is 6.15. The molecule has 0 saturated carbocycles. The number of carbonyl (C=O) groups is 1. The highest BCUT2D eigenvalue weighted by molar-refractivity contribution is 5.77. The van der Waals surface area contributed by atoms with Crippen LogP contribution >= 0.6 is 0 Å². The maximum atomic E-state index is 11.4. The van der Waals surface area contributed by atoms with Gasteiger partial charge in [-0.25, -0.2) is 0 Å². The second kappa shape index (κ2) is 6.75. The van der Waals surface area contributed by atoms with Crippen molar-refractivity contribution < 1.29 is 14.6 Å². The normalized spacial score (nSPS) is 11.9. The molecule has 4 N–H and O–H groups in total. The molecule has 0 aliphatic carbocycles. The van der Waals surface area contributed by atoms with Crippen LogP contribution in [0.1, 0.15) is 13.3 Å². The SMILES string of the molecule is CCC(O)CNC(=O)COc1ccccc1N. The Bertz CT molecular complexity index is 369. The van der Waals surface area contributed by atoms with Gasteiger partial charge in [0.05, 0.1) is 11.8 Å². The monoisotopic (exact) mass is 238 g/mol. The Labute approximate surface area is 101 Å². The number of anilines is 1. The molecule has 1 amide bonds. The van der Waals surface area contributed by atoms with E-state index in [0.717, 1.165) is 0 Å². The van der Waals surface area contributed by atoms with E-state index >= 15 is 0 Å². The summed E-state index contributed by atoms with van der Waals surface area (Å²) in [5, 5.41) is 11.8. The summed E-state index contributed by atoms with van der Waals surface area (Å²) >= 11 is 0. The van der Waals surface area contributed by atoms with Crippen molar-refractivity contribution in [2.24, 2.45) is 0 Å². The predicted octanol–water partition coefficient (Wildman–Crippen LogP) is 0.535. The van der Waals surface area contributed by atoms with Crippen LogP contribution in [0, 0.1) is 0 Å². The minimum absolute atomic E-state index is 0.107. The molecule has 1 unspecified atom stereocenters. The zero-order valence-electron chi connectivity index (χ0n) is 9.85. The van der Waals surface area contributed by atoms with Gasteiger partial charge in [-0.15, -0.1) is 0 Å². The van der Waals surface area contributed by atoms with Crippen molar-refractivity contribution in [1.82, 2.24) is 5.32 Å². The number of nitrogens with two attached hydrogens (primary N) is 1. The van der Waals surface area contributed by atoms with Crippen molar-refractivity contribution in [3.05, 3.63) is 24.3 Å². The van der Waals surface area contributed by atoms with E-state index in [-0.39, 0.29) is 19.1 Å². The molecule has 17 heavy (non-hydrogen) atoms. The highest BCUT2D eigenvalue weighted by Gasteiger charge is 2.06. The van der Waals surface area contributed by atoms with Gasteiger partial charge >= 0.3 is 0 Å². The van der Waals surface area contributed by atoms with Gasteiger partial charge in [-0.05, 0) is 18.6 Å². The fourth-order valence-electron chi connectivity index (χ4n) is 1.18. The van der Waals surface area contributed by atoms with Crippen LogP contribution in [0.25, 0.3) is 0 Å². The maximum absolute atomic E-state index is 11.4. The van der Waals surface area contributed by atoms with Crippen molar-refractivity contribution >= 4 is 11.6 Å². The summed E-state index contributed by atoms with van der Waals surface area (Å²) in [7, 11) is 0. The molecule has 0 bridgehead atoms. The summed E-state index contributed by atoms with van der Waals surface area (Å²) in [5.74, 6) is 0.208. The van der Waals surface area contributed by atoms with Crippen LogP contribution in [-0.2, 0) is 4.79 Å². The van der Waals surface area contributed by atoms with Crippen LogP contribution in [0.3, 0.4) is 0 Å².